The van der Waals surface area contributed by atoms with Gasteiger partial charge in [0.05, 0.1) is 11.5 Å². The minimum absolute atomic E-state index is 0.0123. The Kier molecular flexibility index (Phi) is 5.83. The molecule has 5 nitrogen and oxygen atoms in total. The first kappa shape index (κ1) is 17.2. The first-order chi connectivity index (χ1) is 10.4. The number of nitrogens with one attached hydrogen (secondary N) is 1. The van der Waals surface area contributed by atoms with Crippen molar-refractivity contribution in [3.05, 3.63) is 24.3 Å². The maximum atomic E-state index is 12.4. The molecule has 0 saturated heterocycles. The molecule has 1 aliphatic rings. The molecule has 0 bridgehead atoms. The van der Waals surface area contributed by atoms with Crippen molar-refractivity contribution in [2.45, 2.75) is 56.5 Å². The van der Waals surface area contributed by atoms with Crippen LogP contribution in [0.1, 0.15) is 39.5 Å². The maximum Gasteiger partial charge on any atom is 0.240 e. The highest BCUT2D eigenvalue weighted by atomic mass is 32.2. The fourth-order valence-electron chi connectivity index (χ4n) is 2.50. The number of benzene rings is 1. The quantitative estimate of drug-likeness (QED) is 0.840. The number of hydrogen-bond acceptors (Lipinski definition) is 4. The first-order valence-corrected chi connectivity index (χ1v) is 9.36. The van der Waals surface area contributed by atoms with Crippen LogP contribution in [-0.2, 0) is 10.0 Å². The highest BCUT2D eigenvalue weighted by molar-refractivity contribution is 7.89. The molecule has 22 heavy (non-hydrogen) atoms. The van der Waals surface area contributed by atoms with Crippen LogP contribution in [0.15, 0.2) is 29.2 Å². The molecule has 6 heteroatoms. The Labute approximate surface area is 133 Å². The van der Waals surface area contributed by atoms with Crippen molar-refractivity contribution in [1.82, 2.24) is 4.72 Å². The lowest BCUT2D eigenvalue weighted by Crippen LogP contribution is -2.40. The smallest absolute Gasteiger partial charge is 0.240 e. The van der Waals surface area contributed by atoms with Crippen LogP contribution in [0.5, 0.6) is 5.75 Å². The topological polar surface area (TPSA) is 81.4 Å². The highest BCUT2D eigenvalue weighted by Crippen LogP contribution is 2.21. The standard InChI is InChI=1S/C16H26N2O3S/c1-12(2)11-21-15-7-9-16(10-8-15)22(19,20)18-14-5-3-13(17)4-6-14/h7-10,12-14,18H,3-6,11,17H2,1-2H3. The maximum absolute atomic E-state index is 12.4. The molecule has 2 rings (SSSR count). The van der Waals surface area contributed by atoms with E-state index in [-0.39, 0.29) is 17.0 Å². The molecule has 0 atom stereocenters. The van der Waals surface area contributed by atoms with Crippen molar-refractivity contribution >= 4 is 10.0 Å². The predicted octanol–water partition coefficient (Wildman–Crippen LogP) is 2.27. The minimum Gasteiger partial charge on any atom is -0.493 e. The van der Waals surface area contributed by atoms with Gasteiger partial charge in [-0.15, -0.1) is 0 Å². The van der Waals surface area contributed by atoms with Crippen LogP contribution in [0, 0.1) is 5.92 Å². The molecule has 0 amide bonds. The minimum atomic E-state index is -3.47. The molecule has 3 N–H and O–H groups in total. The molecule has 1 aromatic rings. The number of hydrogen-bond donors (Lipinski definition) is 2. The van der Waals surface area contributed by atoms with Crippen LogP contribution in [-0.4, -0.2) is 27.1 Å². The zero-order valence-corrected chi connectivity index (χ0v) is 14.1. The van der Waals surface area contributed by atoms with Gasteiger partial charge in [0.2, 0.25) is 10.0 Å². The van der Waals surface area contributed by atoms with E-state index in [1.54, 1.807) is 24.3 Å². The Bertz CT molecular complexity index is 562. The number of sulfonamides is 1. The van der Waals surface area contributed by atoms with Gasteiger partial charge in [-0.1, -0.05) is 13.8 Å². The van der Waals surface area contributed by atoms with E-state index in [9.17, 15) is 8.42 Å². The summed E-state index contributed by atoms with van der Waals surface area (Å²) in [5.74, 6) is 1.12. The van der Waals surface area contributed by atoms with Crippen molar-refractivity contribution in [1.29, 1.82) is 0 Å². The summed E-state index contributed by atoms with van der Waals surface area (Å²) in [6.07, 6.45) is 3.34. The fourth-order valence-corrected chi connectivity index (χ4v) is 3.81. The average molecular weight is 326 g/mol. The molecular weight excluding hydrogens is 300 g/mol. The third-order valence-corrected chi connectivity index (χ3v) is 5.35. The zero-order chi connectivity index (χ0) is 16.2. The van der Waals surface area contributed by atoms with Gasteiger partial charge in [0.15, 0.2) is 0 Å². The summed E-state index contributed by atoms with van der Waals surface area (Å²) in [5, 5.41) is 0. The van der Waals surface area contributed by atoms with Crippen LogP contribution in [0.25, 0.3) is 0 Å². The number of ether oxygens (including phenoxy) is 1. The third-order valence-electron chi connectivity index (χ3n) is 3.81. The van der Waals surface area contributed by atoms with E-state index in [4.69, 9.17) is 10.5 Å². The molecule has 0 radical (unpaired) electrons. The number of rotatable bonds is 6. The second-order valence-electron chi connectivity index (χ2n) is 6.41. The van der Waals surface area contributed by atoms with E-state index in [2.05, 4.69) is 18.6 Å². The van der Waals surface area contributed by atoms with Crippen molar-refractivity contribution in [3.8, 4) is 5.75 Å². The molecule has 124 valence electrons. The molecule has 0 aliphatic heterocycles. The van der Waals surface area contributed by atoms with Gasteiger partial charge in [-0.3, -0.25) is 0 Å². The summed E-state index contributed by atoms with van der Waals surface area (Å²) in [4.78, 5) is 0.277. The van der Waals surface area contributed by atoms with Crippen LogP contribution < -0.4 is 15.2 Å². The molecule has 1 saturated carbocycles. The highest BCUT2D eigenvalue weighted by Gasteiger charge is 2.24. The summed E-state index contributed by atoms with van der Waals surface area (Å²) in [6.45, 7) is 4.75. The van der Waals surface area contributed by atoms with E-state index < -0.39 is 10.0 Å². The largest absolute Gasteiger partial charge is 0.493 e. The van der Waals surface area contributed by atoms with Gasteiger partial charge >= 0.3 is 0 Å². The summed E-state index contributed by atoms with van der Waals surface area (Å²) in [5.41, 5.74) is 5.85. The van der Waals surface area contributed by atoms with E-state index in [1.807, 2.05) is 0 Å². The van der Waals surface area contributed by atoms with Gasteiger partial charge in [-0.25, -0.2) is 13.1 Å². The Hall–Kier alpha value is -1.11. The van der Waals surface area contributed by atoms with Crippen molar-refractivity contribution in [2.75, 3.05) is 6.61 Å². The average Bonchev–Trinajstić information content (AvgIpc) is 2.48. The molecular formula is C16H26N2O3S. The fraction of sp³-hybridized carbons (Fsp3) is 0.625. The molecule has 0 aromatic heterocycles. The monoisotopic (exact) mass is 326 g/mol. The second kappa shape index (κ2) is 7.44. The van der Waals surface area contributed by atoms with Crippen LogP contribution >= 0.6 is 0 Å². The van der Waals surface area contributed by atoms with Crippen LogP contribution in [0.4, 0.5) is 0 Å². The lowest BCUT2D eigenvalue weighted by molar-refractivity contribution is 0.271. The Balaban J connectivity index is 1.97. The first-order valence-electron chi connectivity index (χ1n) is 7.87. The van der Waals surface area contributed by atoms with Gasteiger partial charge in [0.25, 0.3) is 0 Å². The summed E-state index contributed by atoms with van der Waals surface area (Å²) in [7, 11) is -3.47. The van der Waals surface area contributed by atoms with Gasteiger partial charge in [0, 0.05) is 12.1 Å². The zero-order valence-electron chi connectivity index (χ0n) is 13.3. The predicted molar refractivity (Wildman–Crippen MR) is 87.3 cm³/mol. The second-order valence-corrected chi connectivity index (χ2v) is 8.12. The van der Waals surface area contributed by atoms with E-state index >= 15 is 0 Å². The third kappa shape index (κ3) is 4.97. The molecule has 1 aromatic carbocycles. The van der Waals surface area contributed by atoms with Crippen LogP contribution in [0.2, 0.25) is 0 Å². The van der Waals surface area contributed by atoms with Crippen molar-refractivity contribution in [3.63, 3.8) is 0 Å². The summed E-state index contributed by atoms with van der Waals surface area (Å²) >= 11 is 0. The van der Waals surface area contributed by atoms with E-state index in [0.29, 0.717) is 18.3 Å². The van der Waals surface area contributed by atoms with Gasteiger partial charge in [-0.05, 0) is 55.9 Å². The van der Waals surface area contributed by atoms with Gasteiger partial charge in [-0.2, -0.15) is 0 Å². The normalized spacial score (nSPS) is 22.7. The van der Waals surface area contributed by atoms with E-state index in [0.717, 1.165) is 25.7 Å². The summed E-state index contributed by atoms with van der Waals surface area (Å²) < 4.78 is 33.1. The SMILES string of the molecule is CC(C)COc1ccc(S(=O)(=O)NC2CCC(N)CC2)cc1. The molecule has 1 aliphatic carbocycles. The van der Waals surface area contributed by atoms with Gasteiger partial charge < -0.3 is 10.5 Å². The lowest BCUT2D eigenvalue weighted by atomic mass is 9.93. The van der Waals surface area contributed by atoms with E-state index in [1.165, 1.54) is 0 Å². The van der Waals surface area contributed by atoms with Crippen molar-refractivity contribution in [2.24, 2.45) is 11.7 Å². The Morgan fingerprint density at radius 3 is 2.32 bits per heavy atom. The lowest BCUT2D eigenvalue weighted by Gasteiger charge is -2.26. The van der Waals surface area contributed by atoms with Crippen molar-refractivity contribution < 1.29 is 13.2 Å². The Morgan fingerprint density at radius 2 is 1.77 bits per heavy atom. The van der Waals surface area contributed by atoms with Gasteiger partial charge in [0.1, 0.15) is 5.75 Å². The molecule has 0 heterocycles. The summed E-state index contributed by atoms with van der Waals surface area (Å²) in [6, 6.07) is 6.78. The molecule has 1 fully saturated rings. The Morgan fingerprint density at radius 1 is 1.18 bits per heavy atom. The molecule has 0 spiro atoms. The van der Waals surface area contributed by atoms with Crippen LogP contribution in [0.3, 0.4) is 0 Å². The molecule has 0 unspecified atom stereocenters. The number of nitrogens with two attached hydrogens (primary N) is 1.